The molecule has 0 spiro atoms. The van der Waals surface area contributed by atoms with E-state index in [9.17, 15) is 19.8 Å². The Balaban J connectivity index is 2.06. The summed E-state index contributed by atoms with van der Waals surface area (Å²) in [5.41, 5.74) is 3.82. The number of carboxylic acid groups (broad SMARTS) is 2. The lowest BCUT2D eigenvalue weighted by Gasteiger charge is -2.47. The molecule has 110 valence electrons. The maximum absolute atomic E-state index is 11.8. The Morgan fingerprint density at radius 1 is 0.636 bits per heavy atom. The van der Waals surface area contributed by atoms with Gasteiger partial charge in [0.05, 0.1) is 11.8 Å². The average molecular weight is 294 g/mol. The van der Waals surface area contributed by atoms with Crippen molar-refractivity contribution in [3.05, 3.63) is 70.8 Å². The lowest BCUT2D eigenvalue weighted by molar-refractivity contribution is -0.156. The number of benzene rings is 2. The molecule has 2 aromatic rings. The maximum Gasteiger partial charge on any atom is 0.308 e. The number of rotatable bonds is 2. The number of hydrogen-bond acceptors (Lipinski definition) is 2. The first-order chi connectivity index (χ1) is 10.6. The van der Waals surface area contributed by atoms with Gasteiger partial charge >= 0.3 is 11.9 Å². The monoisotopic (exact) mass is 294 g/mol. The summed E-state index contributed by atoms with van der Waals surface area (Å²) in [5.74, 6) is -4.70. The smallest absolute Gasteiger partial charge is 0.308 e. The van der Waals surface area contributed by atoms with E-state index in [4.69, 9.17) is 0 Å². The van der Waals surface area contributed by atoms with E-state index in [0.29, 0.717) is 0 Å². The molecule has 0 unspecified atom stereocenters. The number of fused-ring (bicyclic) bond motifs is 1. The van der Waals surface area contributed by atoms with Crippen LogP contribution in [0.5, 0.6) is 0 Å². The van der Waals surface area contributed by atoms with E-state index in [0.717, 1.165) is 22.3 Å². The minimum absolute atomic E-state index is 0.393. The minimum atomic E-state index is -1.04. The van der Waals surface area contributed by atoms with Gasteiger partial charge < -0.3 is 10.2 Å². The van der Waals surface area contributed by atoms with Gasteiger partial charge in [0.1, 0.15) is 0 Å². The SMILES string of the molecule is O=C(O)[C@@H]1C2c3ccccc3C(c3ccccc32)[C@H]1C(=O)O. The number of carbonyl (C=O) groups is 2. The Bertz CT molecular complexity index is 682. The predicted octanol–water partition coefficient (Wildman–Crippen LogP) is 2.68. The second kappa shape index (κ2) is 4.44. The summed E-state index contributed by atoms with van der Waals surface area (Å²) in [4.78, 5) is 23.6. The zero-order valence-electron chi connectivity index (χ0n) is 11.6. The van der Waals surface area contributed by atoms with Crippen LogP contribution < -0.4 is 0 Å². The Morgan fingerprint density at radius 2 is 0.909 bits per heavy atom. The van der Waals surface area contributed by atoms with Crippen molar-refractivity contribution in [2.75, 3.05) is 0 Å². The van der Waals surface area contributed by atoms with Crippen molar-refractivity contribution < 1.29 is 19.8 Å². The standard InChI is InChI=1S/C18H14O4/c19-17(20)15-13-9-5-1-2-6-10(9)14(16(15)18(21)22)12-8-4-3-7-11(12)13/h1-8,13-16H,(H,19,20)(H,21,22)/t13?,14?,15-,16-/m1/s1. The summed E-state index contributed by atoms with van der Waals surface area (Å²) in [7, 11) is 0. The molecular weight excluding hydrogens is 280 g/mol. The van der Waals surface area contributed by atoms with Crippen LogP contribution in [0.3, 0.4) is 0 Å². The lowest BCUT2D eigenvalue weighted by Crippen LogP contribution is -2.46. The molecular formula is C18H14O4. The molecule has 0 aliphatic heterocycles. The van der Waals surface area contributed by atoms with E-state index in [1.807, 2.05) is 48.5 Å². The Kier molecular flexibility index (Phi) is 2.64. The molecule has 4 nitrogen and oxygen atoms in total. The Morgan fingerprint density at radius 3 is 1.14 bits per heavy atom. The highest BCUT2D eigenvalue weighted by Gasteiger charge is 2.55. The second-order valence-corrected chi connectivity index (χ2v) is 5.94. The summed E-state index contributed by atoms with van der Waals surface area (Å²) in [5, 5.41) is 19.3. The van der Waals surface area contributed by atoms with Crippen molar-refractivity contribution in [1.29, 1.82) is 0 Å². The van der Waals surface area contributed by atoms with Crippen LogP contribution in [0.1, 0.15) is 34.1 Å². The summed E-state index contributed by atoms with van der Waals surface area (Å²) in [6.45, 7) is 0. The summed E-state index contributed by atoms with van der Waals surface area (Å²) in [6.07, 6.45) is 0. The van der Waals surface area contributed by atoms with Crippen LogP contribution in [-0.2, 0) is 9.59 Å². The van der Waals surface area contributed by atoms with Gasteiger partial charge in [-0.05, 0) is 22.3 Å². The molecule has 2 atom stereocenters. The van der Waals surface area contributed by atoms with Gasteiger partial charge in [0.25, 0.3) is 0 Å². The lowest BCUT2D eigenvalue weighted by atomic mass is 9.54. The average Bonchev–Trinajstić information content (AvgIpc) is 2.53. The molecule has 3 aliphatic carbocycles. The van der Waals surface area contributed by atoms with E-state index in [-0.39, 0.29) is 0 Å². The van der Waals surface area contributed by atoms with Crippen molar-refractivity contribution in [1.82, 2.24) is 0 Å². The van der Waals surface area contributed by atoms with Crippen LogP contribution in [0.15, 0.2) is 48.5 Å². The largest absolute Gasteiger partial charge is 0.481 e. The fourth-order valence-electron chi connectivity index (χ4n) is 4.27. The minimum Gasteiger partial charge on any atom is -0.481 e. The molecule has 0 fully saturated rings. The van der Waals surface area contributed by atoms with Gasteiger partial charge in [-0.3, -0.25) is 9.59 Å². The molecule has 4 heteroatoms. The topological polar surface area (TPSA) is 74.6 Å². The van der Waals surface area contributed by atoms with Gasteiger partial charge in [-0.25, -0.2) is 0 Å². The normalized spacial score (nSPS) is 27.8. The van der Waals surface area contributed by atoms with E-state index in [1.54, 1.807) is 0 Å². The fraction of sp³-hybridized carbons (Fsp3) is 0.222. The van der Waals surface area contributed by atoms with Crippen LogP contribution in [0, 0.1) is 11.8 Å². The summed E-state index contributed by atoms with van der Waals surface area (Å²) in [6, 6.07) is 15.3. The van der Waals surface area contributed by atoms with Crippen molar-refractivity contribution in [2.45, 2.75) is 11.8 Å². The molecule has 0 radical (unpaired) electrons. The number of aliphatic carboxylic acids is 2. The van der Waals surface area contributed by atoms with E-state index in [2.05, 4.69) is 0 Å². The van der Waals surface area contributed by atoms with Gasteiger partial charge in [-0.15, -0.1) is 0 Å². The molecule has 3 aliphatic rings. The van der Waals surface area contributed by atoms with Crippen molar-refractivity contribution in [3.8, 4) is 0 Å². The zero-order valence-corrected chi connectivity index (χ0v) is 11.6. The summed E-state index contributed by atoms with van der Waals surface area (Å²) >= 11 is 0. The van der Waals surface area contributed by atoms with Gasteiger partial charge in [-0.2, -0.15) is 0 Å². The van der Waals surface area contributed by atoms with E-state index < -0.39 is 35.6 Å². The fourth-order valence-corrected chi connectivity index (χ4v) is 4.27. The van der Waals surface area contributed by atoms with Crippen LogP contribution in [0.4, 0.5) is 0 Å². The molecule has 0 heterocycles. The van der Waals surface area contributed by atoms with E-state index in [1.165, 1.54) is 0 Å². The van der Waals surface area contributed by atoms with Gasteiger partial charge in [0, 0.05) is 11.8 Å². The Labute approximate surface area is 127 Å². The Hall–Kier alpha value is -2.62. The predicted molar refractivity (Wildman–Crippen MR) is 78.8 cm³/mol. The molecule has 2 aromatic carbocycles. The highest BCUT2D eigenvalue weighted by Crippen LogP contribution is 2.58. The van der Waals surface area contributed by atoms with Crippen molar-refractivity contribution >= 4 is 11.9 Å². The van der Waals surface area contributed by atoms with Crippen molar-refractivity contribution in [3.63, 3.8) is 0 Å². The van der Waals surface area contributed by atoms with Crippen LogP contribution in [0.2, 0.25) is 0 Å². The van der Waals surface area contributed by atoms with Crippen LogP contribution >= 0.6 is 0 Å². The van der Waals surface area contributed by atoms with Gasteiger partial charge in [-0.1, -0.05) is 48.5 Å². The summed E-state index contributed by atoms with van der Waals surface area (Å²) < 4.78 is 0. The van der Waals surface area contributed by atoms with Crippen LogP contribution in [0.25, 0.3) is 0 Å². The second-order valence-electron chi connectivity index (χ2n) is 5.94. The first-order valence-electron chi connectivity index (χ1n) is 7.24. The number of carboxylic acids is 2. The molecule has 0 aromatic heterocycles. The quantitative estimate of drug-likeness (QED) is 0.893. The van der Waals surface area contributed by atoms with E-state index >= 15 is 0 Å². The molecule has 0 saturated heterocycles. The highest BCUT2D eigenvalue weighted by molar-refractivity contribution is 5.86. The first-order valence-corrected chi connectivity index (χ1v) is 7.24. The molecule has 0 saturated carbocycles. The molecule has 22 heavy (non-hydrogen) atoms. The van der Waals surface area contributed by atoms with Gasteiger partial charge in [0.15, 0.2) is 0 Å². The molecule has 2 bridgehead atoms. The molecule has 2 N–H and O–H groups in total. The first kappa shape index (κ1) is 13.1. The third-order valence-electron chi connectivity index (χ3n) is 5.01. The van der Waals surface area contributed by atoms with Crippen LogP contribution in [-0.4, -0.2) is 22.2 Å². The van der Waals surface area contributed by atoms with Crippen molar-refractivity contribution in [2.24, 2.45) is 11.8 Å². The third kappa shape index (κ3) is 1.52. The highest BCUT2D eigenvalue weighted by atomic mass is 16.4. The maximum atomic E-state index is 11.8. The molecule has 0 amide bonds. The molecule has 5 rings (SSSR count). The third-order valence-corrected chi connectivity index (χ3v) is 5.01. The number of hydrogen-bond donors (Lipinski definition) is 2. The van der Waals surface area contributed by atoms with Gasteiger partial charge in [0.2, 0.25) is 0 Å². The zero-order chi connectivity index (χ0) is 15.4.